The van der Waals surface area contributed by atoms with Crippen LogP contribution in [-0.2, 0) is 0 Å². The fourth-order valence-electron chi connectivity index (χ4n) is 1.50. The van der Waals surface area contributed by atoms with Crippen molar-refractivity contribution in [3.8, 4) is 0 Å². The first kappa shape index (κ1) is 12.5. The SMILES string of the molecule is Cc1ccnc(Sc2nccc(C)c2C(=N)N)n1. The molecule has 3 N–H and O–H groups in total. The number of nitrogens with two attached hydrogens (primary N) is 1. The molecular formula is C12H13N5S. The fraction of sp³-hybridized carbons (Fsp3) is 0.167. The molecule has 2 aromatic rings. The number of nitrogen functional groups attached to an aromatic ring is 1. The Bertz CT molecular complexity index is 597. The number of amidine groups is 1. The molecular weight excluding hydrogens is 246 g/mol. The molecule has 18 heavy (non-hydrogen) atoms. The second kappa shape index (κ2) is 5.14. The summed E-state index contributed by atoms with van der Waals surface area (Å²) >= 11 is 1.32. The standard InChI is InChI=1S/C12H13N5S/c1-7-3-5-15-11(9(7)10(13)14)18-12-16-6-4-8(2)17-12/h3-6H,1-2H3,(H3,13,14). The molecule has 2 aromatic heterocycles. The second-order valence-electron chi connectivity index (χ2n) is 3.80. The van der Waals surface area contributed by atoms with Gasteiger partial charge in [0.2, 0.25) is 0 Å². The quantitative estimate of drug-likeness (QED) is 0.499. The summed E-state index contributed by atoms with van der Waals surface area (Å²) in [5.41, 5.74) is 8.05. The summed E-state index contributed by atoms with van der Waals surface area (Å²) in [5.74, 6) is 0.00996. The maximum atomic E-state index is 7.61. The number of hydrogen-bond acceptors (Lipinski definition) is 5. The highest BCUT2D eigenvalue weighted by molar-refractivity contribution is 7.99. The van der Waals surface area contributed by atoms with Crippen molar-refractivity contribution in [1.82, 2.24) is 15.0 Å². The molecule has 92 valence electrons. The lowest BCUT2D eigenvalue weighted by molar-refractivity contribution is 0.926. The second-order valence-corrected chi connectivity index (χ2v) is 4.76. The van der Waals surface area contributed by atoms with Crippen LogP contribution in [-0.4, -0.2) is 20.8 Å². The minimum Gasteiger partial charge on any atom is -0.384 e. The lowest BCUT2D eigenvalue weighted by Gasteiger charge is -2.08. The third kappa shape index (κ3) is 2.65. The molecule has 0 aromatic carbocycles. The van der Waals surface area contributed by atoms with Gasteiger partial charge in [0.1, 0.15) is 10.9 Å². The van der Waals surface area contributed by atoms with Gasteiger partial charge in [-0.25, -0.2) is 15.0 Å². The maximum absolute atomic E-state index is 7.61. The van der Waals surface area contributed by atoms with E-state index in [0.717, 1.165) is 11.3 Å². The molecule has 2 heterocycles. The minimum atomic E-state index is 0.00996. The maximum Gasteiger partial charge on any atom is 0.194 e. The number of rotatable bonds is 3. The Morgan fingerprint density at radius 1 is 1.22 bits per heavy atom. The van der Waals surface area contributed by atoms with Crippen molar-refractivity contribution in [2.24, 2.45) is 5.73 Å². The van der Waals surface area contributed by atoms with Gasteiger partial charge >= 0.3 is 0 Å². The molecule has 0 unspecified atom stereocenters. The molecule has 0 fully saturated rings. The van der Waals surface area contributed by atoms with E-state index in [4.69, 9.17) is 11.1 Å². The molecule has 2 rings (SSSR count). The molecule has 0 saturated carbocycles. The zero-order valence-corrected chi connectivity index (χ0v) is 11.0. The van der Waals surface area contributed by atoms with Gasteiger partial charge in [-0.1, -0.05) is 0 Å². The Kier molecular flexibility index (Phi) is 3.57. The summed E-state index contributed by atoms with van der Waals surface area (Å²) in [6.45, 7) is 3.81. The summed E-state index contributed by atoms with van der Waals surface area (Å²) in [7, 11) is 0. The highest BCUT2D eigenvalue weighted by Gasteiger charge is 2.12. The van der Waals surface area contributed by atoms with Gasteiger partial charge in [-0.05, 0) is 43.3 Å². The molecule has 0 aliphatic rings. The van der Waals surface area contributed by atoms with Crippen molar-refractivity contribution in [2.45, 2.75) is 24.0 Å². The van der Waals surface area contributed by atoms with Gasteiger partial charge < -0.3 is 5.73 Å². The van der Waals surface area contributed by atoms with Crippen molar-refractivity contribution in [1.29, 1.82) is 5.41 Å². The number of aromatic nitrogens is 3. The van der Waals surface area contributed by atoms with Crippen LogP contribution in [0.5, 0.6) is 0 Å². The monoisotopic (exact) mass is 259 g/mol. The Balaban J connectivity index is 2.40. The zero-order valence-electron chi connectivity index (χ0n) is 10.1. The van der Waals surface area contributed by atoms with E-state index in [1.165, 1.54) is 11.8 Å². The largest absolute Gasteiger partial charge is 0.384 e. The normalized spacial score (nSPS) is 10.3. The predicted molar refractivity (Wildman–Crippen MR) is 70.9 cm³/mol. The molecule has 0 bridgehead atoms. The van der Waals surface area contributed by atoms with E-state index < -0.39 is 0 Å². The fourth-order valence-corrected chi connectivity index (χ4v) is 2.46. The van der Waals surface area contributed by atoms with Gasteiger partial charge in [0.25, 0.3) is 0 Å². The van der Waals surface area contributed by atoms with E-state index in [1.54, 1.807) is 12.4 Å². The van der Waals surface area contributed by atoms with Crippen LogP contribution < -0.4 is 5.73 Å². The van der Waals surface area contributed by atoms with Crippen LogP contribution in [0.15, 0.2) is 34.7 Å². The van der Waals surface area contributed by atoms with Gasteiger partial charge in [0.05, 0.1) is 5.56 Å². The molecule has 0 amide bonds. The first-order valence-corrected chi connectivity index (χ1v) is 6.17. The first-order chi connectivity index (χ1) is 8.58. The Hall–Kier alpha value is -1.95. The number of hydrogen-bond donors (Lipinski definition) is 2. The van der Waals surface area contributed by atoms with Crippen LogP contribution in [0.2, 0.25) is 0 Å². The van der Waals surface area contributed by atoms with Crippen molar-refractivity contribution in [3.63, 3.8) is 0 Å². The summed E-state index contributed by atoms with van der Waals surface area (Å²) in [4.78, 5) is 12.7. The van der Waals surface area contributed by atoms with Crippen molar-refractivity contribution < 1.29 is 0 Å². The van der Waals surface area contributed by atoms with E-state index in [1.807, 2.05) is 26.0 Å². The molecule has 5 nitrogen and oxygen atoms in total. The minimum absolute atomic E-state index is 0.00996. The smallest absolute Gasteiger partial charge is 0.194 e. The average Bonchev–Trinajstić information content (AvgIpc) is 2.28. The molecule has 0 radical (unpaired) electrons. The number of pyridine rings is 1. The van der Waals surface area contributed by atoms with Crippen molar-refractivity contribution in [2.75, 3.05) is 0 Å². The van der Waals surface area contributed by atoms with E-state index in [0.29, 0.717) is 15.7 Å². The summed E-state index contributed by atoms with van der Waals surface area (Å²) in [5, 5.41) is 8.88. The summed E-state index contributed by atoms with van der Waals surface area (Å²) in [6, 6.07) is 3.66. The zero-order chi connectivity index (χ0) is 13.1. The van der Waals surface area contributed by atoms with Crippen molar-refractivity contribution >= 4 is 17.6 Å². The first-order valence-electron chi connectivity index (χ1n) is 5.35. The number of nitrogens with one attached hydrogen (secondary N) is 1. The van der Waals surface area contributed by atoms with Gasteiger partial charge in [-0.3, -0.25) is 5.41 Å². The van der Waals surface area contributed by atoms with Crippen LogP contribution in [0, 0.1) is 19.3 Å². The average molecular weight is 259 g/mol. The lowest BCUT2D eigenvalue weighted by Crippen LogP contribution is -2.15. The summed E-state index contributed by atoms with van der Waals surface area (Å²) in [6.07, 6.45) is 3.40. The van der Waals surface area contributed by atoms with Gasteiger partial charge in [0, 0.05) is 18.1 Å². The highest BCUT2D eigenvalue weighted by atomic mass is 32.2. The summed E-state index contributed by atoms with van der Waals surface area (Å²) < 4.78 is 0. The topological polar surface area (TPSA) is 88.5 Å². The molecule has 0 atom stereocenters. The molecule has 0 aliphatic heterocycles. The third-order valence-electron chi connectivity index (χ3n) is 2.35. The lowest BCUT2D eigenvalue weighted by atomic mass is 10.1. The van der Waals surface area contributed by atoms with Gasteiger partial charge in [-0.2, -0.15) is 0 Å². The van der Waals surface area contributed by atoms with Crippen molar-refractivity contribution in [3.05, 3.63) is 41.3 Å². The van der Waals surface area contributed by atoms with E-state index >= 15 is 0 Å². The van der Waals surface area contributed by atoms with E-state index in [2.05, 4.69) is 15.0 Å². The Labute approximate surface area is 109 Å². The van der Waals surface area contributed by atoms with Crippen LogP contribution in [0.1, 0.15) is 16.8 Å². The van der Waals surface area contributed by atoms with Crippen LogP contribution in [0.3, 0.4) is 0 Å². The molecule has 6 heteroatoms. The van der Waals surface area contributed by atoms with Crippen LogP contribution in [0.25, 0.3) is 0 Å². The van der Waals surface area contributed by atoms with E-state index in [9.17, 15) is 0 Å². The van der Waals surface area contributed by atoms with Crippen LogP contribution in [0.4, 0.5) is 0 Å². The predicted octanol–water partition coefficient (Wildman–Crippen LogP) is 1.92. The van der Waals surface area contributed by atoms with E-state index in [-0.39, 0.29) is 5.84 Å². The van der Waals surface area contributed by atoms with Gasteiger partial charge in [-0.15, -0.1) is 0 Å². The van der Waals surface area contributed by atoms with Crippen LogP contribution >= 0.6 is 11.8 Å². The highest BCUT2D eigenvalue weighted by Crippen LogP contribution is 2.27. The molecule has 0 spiro atoms. The molecule has 0 aliphatic carbocycles. The van der Waals surface area contributed by atoms with Gasteiger partial charge in [0.15, 0.2) is 5.16 Å². The molecule has 0 saturated heterocycles. The Morgan fingerprint density at radius 2 is 1.94 bits per heavy atom. The third-order valence-corrected chi connectivity index (χ3v) is 3.24. The Morgan fingerprint density at radius 3 is 2.61 bits per heavy atom. The number of nitrogens with zero attached hydrogens (tertiary/aromatic N) is 3. The number of aryl methyl sites for hydroxylation is 2.